The van der Waals surface area contributed by atoms with E-state index in [4.69, 9.17) is 4.74 Å². The number of rotatable bonds is 5. The van der Waals surface area contributed by atoms with Gasteiger partial charge in [-0.2, -0.15) is 0 Å². The van der Waals surface area contributed by atoms with Crippen LogP contribution in [-0.2, 0) is 10.0 Å². The molecule has 1 aliphatic rings. The highest BCUT2D eigenvalue weighted by atomic mass is 79.9. The molecule has 0 spiro atoms. The summed E-state index contributed by atoms with van der Waals surface area (Å²) in [5, 5.41) is 0. The fourth-order valence-electron chi connectivity index (χ4n) is 3.12. The lowest BCUT2D eigenvalue weighted by molar-refractivity contribution is 0.148. The van der Waals surface area contributed by atoms with Crippen molar-refractivity contribution in [3.05, 3.63) is 70.7 Å². The number of sulfonamides is 1. The lowest BCUT2D eigenvalue weighted by atomic mass is 9.98. The summed E-state index contributed by atoms with van der Waals surface area (Å²) < 4.78 is 35.7. The van der Waals surface area contributed by atoms with Gasteiger partial charge in [-0.25, -0.2) is 13.1 Å². The Bertz CT molecular complexity index is 894. The van der Waals surface area contributed by atoms with Crippen LogP contribution < -0.4 is 9.46 Å². The van der Waals surface area contributed by atoms with Crippen LogP contribution in [0.1, 0.15) is 31.2 Å². The lowest BCUT2D eigenvalue weighted by Gasteiger charge is -2.29. The van der Waals surface area contributed by atoms with Crippen LogP contribution in [0.5, 0.6) is 5.75 Å². The molecule has 2 aromatic carbocycles. The molecule has 4 nitrogen and oxygen atoms in total. The maximum absolute atomic E-state index is 12.9. The Morgan fingerprint density at radius 1 is 1.00 bits per heavy atom. The van der Waals surface area contributed by atoms with Crippen LogP contribution in [-0.4, -0.2) is 20.6 Å². The molecule has 2 aromatic rings. The van der Waals surface area contributed by atoms with Gasteiger partial charge < -0.3 is 4.74 Å². The van der Waals surface area contributed by atoms with Crippen LogP contribution in [0.2, 0.25) is 0 Å². The van der Waals surface area contributed by atoms with Crippen molar-refractivity contribution in [1.29, 1.82) is 0 Å². The van der Waals surface area contributed by atoms with Crippen molar-refractivity contribution in [2.75, 3.05) is 0 Å². The number of benzene rings is 2. The van der Waals surface area contributed by atoms with E-state index in [9.17, 15) is 8.42 Å². The summed E-state index contributed by atoms with van der Waals surface area (Å²) in [7, 11) is -3.61. The average Bonchev–Trinajstić information content (AvgIpc) is 2.62. The van der Waals surface area contributed by atoms with Crippen molar-refractivity contribution in [3.63, 3.8) is 0 Å². The molecule has 1 N–H and O–H groups in total. The quantitative estimate of drug-likeness (QED) is 0.654. The van der Waals surface area contributed by atoms with Crippen molar-refractivity contribution in [1.82, 2.24) is 4.72 Å². The van der Waals surface area contributed by atoms with Crippen molar-refractivity contribution in [2.45, 2.75) is 49.6 Å². The molecule has 3 rings (SSSR count). The fraction of sp³-hybridized carbons (Fsp3) is 0.333. The third-order valence-corrected chi connectivity index (χ3v) is 6.79. The number of halogens is 1. The topological polar surface area (TPSA) is 55.4 Å². The first-order chi connectivity index (χ1) is 13.0. The smallest absolute Gasteiger partial charge is 0.240 e. The monoisotopic (exact) mass is 449 g/mol. The largest absolute Gasteiger partial charge is 0.488 e. The summed E-state index contributed by atoms with van der Waals surface area (Å²) in [6, 6.07) is 14.3. The van der Waals surface area contributed by atoms with Gasteiger partial charge in [0.15, 0.2) is 0 Å². The van der Waals surface area contributed by atoms with Crippen molar-refractivity contribution in [3.8, 4) is 5.75 Å². The van der Waals surface area contributed by atoms with Gasteiger partial charge in [0.05, 0.1) is 15.4 Å². The Morgan fingerprint density at radius 3 is 2.37 bits per heavy atom. The molecule has 0 bridgehead atoms. The van der Waals surface area contributed by atoms with Crippen molar-refractivity contribution in [2.24, 2.45) is 0 Å². The van der Waals surface area contributed by atoms with Crippen LogP contribution in [0.4, 0.5) is 0 Å². The average molecular weight is 450 g/mol. The summed E-state index contributed by atoms with van der Waals surface area (Å²) >= 11 is 3.51. The molecule has 0 fully saturated rings. The second-order valence-electron chi connectivity index (χ2n) is 6.75. The maximum atomic E-state index is 12.9. The first-order valence-corrected chi connectivity index (χ1v) is 11.4. The highest BCUT2D eigenvalue weighted by Gasteiger charge is 2.29. The van der Waals surface area contributed by atoms with Crippen LogP contribution in [0.3, 0.4) is 0 Å². The maximum Gasteiger partial charge on any atom is 0.240 e. The molecule has 0 amide bonds. The van der Waals surface area contributed by atoms with Gasteiger partial charge in [-0.1, -0.05) is 42.0 Å². The molecule has 0 aromatic heterocycles. The molecule has 0 radical (unpaired) electrons. The Kier molecular flexibility index (Phi) is 6.73. The van der Waals surface area contributed by atoms with Gasteiger partial charge in [0.25, 0.3) is 0 Å². The number of nitrogens with one attached hydrogen (secondary N) is 1. The second kappa shape index (κ2) is 9.04. The van der Waals surface area contributed by atoms with Gasteiger partial charge in [-0.15, -0.1) is 0 Å². The molecule has 27 heavy (non-hydrogen) atoms. The van der Waals surface area contributed by atoms with E-state index < -0.39 is 10.0 Å². The minimum absolute atomic E-state index is 0.242. The van der Waals surface area contributed by atoms with Crippen LogP contribution in [0.15, 0.2) is 70.1 Å². The third kappa shape index (κ3) is 5.43. The predicted molar refractivity (Wildman–Crippen MR) is 111 cm³/mol. The molecular weight excluding hydrogens is 426 g/mol. The van der Waals surface area contributed by atoms with E-state index >= 15 is 0 Å². The van der Waals surface area contributed by atoms with Gasteiger partial charge in [0.2, 0.25) is 10.0 Å². The van der Waals surface area contributed by atoms with Crippen LogP contribution in [0.25, 0.3) is 0 Å². The SMILES string of the molecule is Cc1ccc(S(=O)(=O)N[C@@H]2CC/C=C\CC[C@H]2Oc2ccccc2Br)cc1. The number of aryl methyl sites for hydroxylation is 1. The number of ether oxygens (including phenoxy) is 1. The van der Waals surface area contributed by atoms with Crippen molar-refractivity contribution < 1.29 is 13.2 Å². The molecule has 0 aliphatic heterocycles. The number of para-hydroxylation sites is 1. The van der Waals surface area contributed by atoms with E-state index in [0.29, 0.717) is 6.42 Å². The third-order valence-electron chi connectivity index (χ3n) is 4.63. The Hall–Kier alpha value is -1.63. The fourth-order valence-corrected chi connectivity index (χ4v) is 4.80. The molecule has 144 valence electrons. The van der Waals surface area contributed by atoms with E-state index in [1.165, 1.54) is 0 Å². The van der Waals surface area contributed by atoms with E-state index in [-0.39, 0.29) is 17.0 Å². The number of hydrogen-bond donors (Lipinski definition) is 1. The molecule has 1 aliphatic carbocycles. The zero-order chi connectivity index (χ0) is 19.3. The summed E-state index contributed by atoms with van der Waals surface area (Å²) in [5.41, 5.74) is 1.03. The van der Waals surface area contributed by atoms with Gasteiger partial charge >= 0.3 is 0 Å². The zero-order valence-corrected chi connectivity index (χ0v) is 17.7. The van der Waals surface area contributed by atoms with Crippen molar-refractivity contribution >= 4 is 26.0 Å². The van der Waals surface area contributed by atoms with Crippen LogP contribution in [0, 0.1) is 6.92 Å². The van der Waals surface area contributed by atoms with Gasteiger partial charge in [0, 0.05) is 0 Å². The highest BCUT2D eigenvalue weighted by Crippen LogP contribution is 2.28. The molecule has 6 heteroatoms. The van der Waals surface area contributed by atoms with E-state index in [2.05, 4.69) is 32.8 Å². The Labute approximate surface area is 169 Å². The first kappa shape index (κ1) is 20.1. The summed E-state index contributed by atoms with van der Waals surface area (Å²) in [6.07, 6.45) is 7.13. The first-order valence-electron chi connectivity index (χ1n) is 9.11. The summed E-state index contributed by atoms with van der Waals surface area (Å²) in [6.45, 7) is 1.94. The van der Waals surface area contributed by atoms with E-state index in [0.717, 1.165) is 35.0 Å². The molecule has 0 saturated carbocycles. The summed E-state index contributed by atoms with van der Waals surface area (Å²) in [5.74, 6) is 0.728. The van der Waals surface area contributed by atoms with Gasteiger partial charge in [-0.05, 0) is 72.8 Å². The minimum Gasteiger partial charge on any atom is -0.488 e. The Morgan fingerprint density at radius 2 is 1.67 bits per heavy atom. The lowest BCUT2D eigenvalue weighted by Crippen LogP contribution is -2.46. The molecule has 0 saturated heterocycles. The van der Waals surface area contributed by atoms with Gasteiger partial charge in [-0.3, -0.25) is 0 Å². The molecule has 2 atom stereocenters. The van der Waals surface area contributed by atoms with E-state index in [1.54, 1.807) is 12.1 Å². The number of allylic oxidation sites excluding steroid dienone is 2. The second-order valence-corrected chi connectivity index (χ2v) is 9.32. The summed E-state index contributed by atoms with van der Waals surface area (Å²) in [4.78, 5) is 0.283. The number of hydrogen-bond acceptors (Lipinski definition) is 3. The predicted octanol–water partition coefficient (Wildman–Crippen LogP) is 4.98. The standard InChI is InChI=1S/C21H24BrNO3S/c1-16-12-14-17(15-13-16)27(24,25)23-19-9-4-2-3-5-11-21(19)26-20-10-7-6-8-18(20)22/h2-3,6-8,10,12-15,19,21,23H,4-5,9,11H2,1H3/b3-2-/t19-,21-/m1/s1. The zero-order valence-electron chi connectivity index (χ0n) is 15.3. The molecular formula is C21H24BrNO3S. The minimum atomic E-state index is -3.61. The van der Waals surface area contributed by atoms with E-state index in [1.807, 2.05) is 43.3 Å². The molecule has 0 unspecified atom stereocenters. The van der Waals surface area contributed by atoms with Crippen LogP contribution >= 0.6 is 15.9 Å². The molecule has 0 heterocycles. The Balaban J connectivity index is 1.83. The normalized spacial score (nSPS) is 21.9. The van der Waals surface area contributed by atoms with Gasteiger partial charge in [0.1, 0.15) is 11.9 Å². The highest BCUT2D eigenvalue weighted by molar-refractivity contribution is 9.10.